The smallest absolute Gasteiger partial charge is 0.355 e. The molecule has 1 spiro atoms. The molecule has 7 nitrogen and oxygen atoms in total. The number of hydrogen-bond acceptors (Lipinski definition) is 5. The number of carbonyl (C=O) groups is 2. The summed E-state index contributed by atoms with van der Waals surface area (Å²) in [6, 6.07) is 5.07. The van der Waals surface area contributed by atoms with Gasteiger partial charge in [0, 0.05) is 18.4 Å². The Hall–Kier alpha value is -3.59. The van der Waals surface area contributed by atoms with E-state index < -0.39 is 40.6 Å². The summed E-state index contributed by atoms with van der Waals surface area (Å²) in [5, 5.41) is 11.2. The lowest BCUT2D eigenvalue weighted by atomic mass is 9.75. The number of anilines is 1. The number of nitriles is 1. The van der Waals surface area contributed by atoms with Gasteiger partial charge in [-0.3, -0.25) is 19.5 Å². The van der Waals surface area contributed by atoms with Crippen molar-refractivity contribution in [2.24, 2.45) is 4.99 Å². The van der Waals surface area contributed by atoms with Crippen LogP contribution in [-0.2, 0) is 4.79 Å². The average molecular weight is 493 g/mol. The Morgan fingerprint density at radius 2 is 2.03 bits per heavy atom. The minimum atomic E-state index is -4.94. The highest BCUT2D eigenvalue weighted by Gasteiger charge is 2.59. The number of nitrogens with one attached hydrogen (secondary N) is 1. The van der Waals surface area contributed by atoms with Crippen molar-refractivity contribution in [3.63, 3.8) is 0 Å². The van der Waals surface area contributed by atoms with Crippen LogP contribution in [0.25, 0.3) is 0 Å². The van der Waals surface area contributed by atoms with Gasteiger partial charge < -0.3 is 10.2 Å². The van der Waals surface area contributed by atoms with Gasteiger partial charge in [-0.1, -0.05) is 0 Å². The van der Waals surface area contributed by atoms with Crippen LogP contribution in [0.3, 0.4) is 0 Å². The van der Waals surface area contributed by atoms with E-state index in [0.29, 0.717) is 25.3 Å². The zero-order valence-electron chi connectivity index (χ0n) is 18.2. The first-order chi connectivity index (χ1) is 15.9. The summed E-state index contributed by atoms with van der Waals surface area (Å²) in [5.41, 5.74) is -3.71. The Labute approximate surface area is 198 Å². The molecule has 1 N–H and O–H groups in total. The van der Waals surface area contributed by atoms with E-state index in [1.807, 2.05) is 0 Å². The van der Waals surface area contributed by atoms with Crippen LogP contribution in [0.5, 0.6) is 0 Å². The molecule has 178 valence electrons. The van der Waals surface area contributed by atoms with Crippen LogP contribution in [0.4, 0.5) is 23.2 Å². The minimum Gasteiger partial charge on any atom is -0.355 e. The minimum absolute atomic E-state index is 0.142. The van der Waals surface area contributed by atoms with Crippen molar-refractivity contribution in [2.75, 3.05) is 11.9 Å². The van der Waals surface area contributed by atoms with Crippen molar-refractivity contribution in [1.82, 2.24) is 10.2 Å². The van der Waals surface area contributed by atoms with Gasteiger partial charge >= 0.3 is 6.18 Å². The molecule has 0 bridgehead atoms. The number of rotatable bonds is 5. The van der Waals surface area contributed by atoms with E-state index in [-0.39, 0.29) is 22.1 Å². The highest BCUT2D eigenvalue weighted by atomic mass is 32.1. The quantitative estimate of drug-likeness (QED) is 0.220. The van der Waals surface area contributed by atoms with Crippen LogP contribution < -0.4 is 10.2 Å². The molecule has 1 saturated carbocycles. The maximum atomic E-state index is 14.6. The summed E-state index contributed by atoms with van der Waals surface area (Å²) in [5.74, 6) is -2.04. The number of thiocarbonyl (C=S) groups is 1. The number of amides is 2. The van der Waals surface area contributed by atoms with Gasteiger partial charge in [-0.2, -0.15) is 18.4 Å². The fourth-order valence-electron chi connectivity index (χ4n) is 3.99. The van der Waals surface area contributed by atoms with Crippen LogP contribution in [-0.4, -0.2) is 47.3 Å². The van der Waals surface area contributed by atoms with Crippen LogP contribution in [0.2, 0.25) is 0 Å². The second-order valence-corrected chi connectivity index (χ2v) is 8.07. The topological polar surface area (TPSA) is 88.8 Å². The van der Waals surface area contributed by atoms with Crippen LogP contribution in [0.15, 0.2) is 46.2 Å². The molecule has 3 rings (SSSR count). The lowest BCUT2D eigenvalue weighted by Crippen LogP contribution is -2.55. The average Bonchev–Trinajstić information content (AvgIpc) is 2.99. The second kappa shape index (κ2) is 8.98. The van der Waals surface area contributed by atoms with Crippen molar-refractivity contribution in [2.45, 2.75) is 37.9 Å². The molecule has 34 heavy (non-hydrogen) atoms. The summed E-state index contributed by atoms with van der Waals surface area (Å²) in [6.45, 7) is 4.24. The third-order valence-corrected chi connectivity index (χ3v) is 6.17. The first-order valence-electron chi connectivity index (χ1n) is 10.00. The van der Waals surface area contributed by atoms with Gasteiger partial charge in [0.2, 0.25) is 0 Å². The summed E-state index contributed by atoms with van der Waals surface area (Å²) < 4.78 is 55.4. The number of nitrogens with zero attached hydrogens (tertiary/aromatic N) is 4. The summed E-state index contributed by atoms with van der Waals surface area (Å²) in [7, 11) is 1.35. The van der Waals surface area contributed by atoms with Crippen LogP contribution >= 0.6 is 12.2 Å². The summed E-state index contributed by atoms with van der Waals surface area (Å²) in [4.78, 5) is 30.7. The number of hydrogen-bond donors (Lipinski definition) is 1. The Balaban J connectivity index is 2.10. The lowest BCUT2D eigenvalue weighted by molar-refractivity contribution is -0.131. The number of aliphatic imine (C=N–C) groups is 1. The van der Waals surface area contributed by atoms with E-state index in [1.165, 1.54) is 37.1 Å². The first-order valence-corrected chi connectivity index (χ1v) is 10.4. The largest absolute Gasteiger partial charge is 0.419 e. The molecule has 1 aliphatic heterocycles. The maximum Gasteiger partial charge on any atom is 0.419 e. The fourth-order valence-corrected chi connectivity index (χ4v) is 4.50. The van der Waals surface area contributed by atoms with Crippen LogP contribution in [0, 0.1) is 17.1 Å². The SMILES string of the molecule is C=N/C(C#N)=C(\C=C(/C)N1C(=O)C2(CCC2)N(c2ccc(C(=O)NC)c(F)c2)C1=S)C(F)(F)F. The zero-order valence-corrected chi connectivity index (χ0v) is 19.0. The van der Waals surface area contributed by atoms with Crippen molar-refractivity contribution < 1.29 is 27.2 Å². The molecule has 0 atom stereocenters. The Morgan fingerprint density at radius 1 is 1.38 bits per heavy atom. The highest BCUT2D eigenvalue weighted by molar-refractivity contribution is 7.80. The number of halogens is 4. The second-order valence-electron chi connectivity index (χ2n) is 7.70. The molecule has 1 aliphatic carbocycles. The molecular weight excluding hydrogens is 474 g/mol. The normalized spacial score (nSPS) is 18.4. The zero-order chi connectivity index (χ0) is 25.4. The van der Waals surface area contributed by atoms with Gasteiger partial charge in [-0.25, -0.2) is 4.39 Å². The number of carbonyl (C=O) groups excluding carboxylic acids is 2. The van der Waals surface area contributed by atoms with Crippen molar-refractivity contribution in [3.8, 4) is 6.07 Å². The Morgan fingerprint density at radius 3 is 2.47 bits per heavy atom. The lowest BCUT2D eigenvalue weighted by Gasteiger charge is -2.43. The highest BCUT2D eigenvalue weighted by Crippen LogP contribution is 2.48. The standard InChI is InChI=1S/C22H19F4N5O2S/c1-12(9-15(22(24,25)26)17(11-27)28-2)30-19(33)21(7-4-8-21)31(20(30)34)13-5-6-14(16(23)10-13)18(32)29-3/h5-6,9-10H,2,4,7-8H2,1,3H3,(H,29,32)/b12-9+,17-15+. The molecular formula is C22H19F4N5O2S. The van der Waals surface area contributed by atoms with E-state index in [1.54, 1.807) is 0 Å². The molecule has 2 aliphatic rings. The summed E-state index contributed by atoms with van der Waals surface area (Å²) >= 11 is 5.46. The van der Waals surface area contributed by atoms with Gasteiger partial charge in [-0.05, 0) is 69.4 Å². The molecule has 2 amide bonds. The van der Waals surface area contributed by atoms with Crippen molar-refractivity contribution in [1.29, 1.82) is 5.26 Å². The summed E-state index contributed by atoms with van der Waals surface area (Å²) in [6.07, 6.45) is -2.96. The Bertz CT molecular complexity index is 1190. The van der Waals surface area contributed by atoms with Crippen LogP contribution in [0.1, 0.15) is 36.5 Å². The molecule has 0 unspecified atom stereocenters. The first kappa shape index (κ1) is 25.0. The monoisotopic (exact) mass is 493 g/mol. The maximum absolute atomic E-state index is 14.6. The molecule has 2 fully saturated rings. The molecule has 1 heterocycles. The Kier molecular flexibility index (Phi) is 6.61. The number of benzene rings is 1. The molecule has 0 aromatic heterocycles. The van der Waals surface area contributed by atoms with E-state index in [2.05, 4.69) is 17.0 Å². The predicted molar refractivity (Wildman–Crippen MR) is 120 cm³/mol. The number of alkyl halides is 3. The third kappa shape index (κ3) is 3.96. The molecule has 1 saturated heterocycles. The van der Waals surface area contributed by atoms with E-state index >= 15 is 0 Å². The van der Waals surface area contributed by atoms with E-state index in [0.717, 1.165) is 11.0 Å². The molecule has 12 heteroatoms. The van der Waals surface area contributed by atoms with Crippen molar-refractivity contribution in [3.05, 3.63) is 52.6 Å². The van der Waals surface area contributed by atoms with E-state index in [4.69, 9.17) is 17.5 Å². The van der Waals surface area contributed by atoms with Gasteiger partial charge in [0.25, 0.3) is 11.8 Å². The number of allylic oxidation sites excluding steroid dienone is 4. The van der Waals surface area contributed by atoms with Gasteiger partial charge in [0.1, 0.15) is 17.4 Å². The van der Waals surface area contributed by atoms with Gasteiger partial charge in [0.05, 0.1) is 11.1 Å². The fraction of sp³-hybridized carbons (Fsp3) is 0.318. The molecule has 0 radical (unpaired) electrons. The molecule has 1 aromatic rings. The van der Waals surface area contributed by atoms with E-state index in [9.17, 15) is 27.2 Å². The van der Waals surface area contributed by atoms with Gasteiger partial charge in [0.15, 0.2) is 10.8 Å². The predicted octanol–water partition coefficient (Wildman–Crippen LogP) is 3.99. The molecule has 1 aromatic carbocycles. The van der Waals surface area contributed by atoms with Crippen molar-refractivity contribution >= 4 is 41.5 Å². The van der Waals surface area contributed by atoms with Gasteiger partial charge in [-0.15, -0.1) is 0 Å². The third-order valence-electron chi connectivity index (χ3n) is 5.81.